The average Bonchev–Trinajstić information content (AvgIpc) is 2.37. The van der Waals surface area contributed by atoms with Crippen LogP contribution in [-0.4, -0.2) is 16.5 Å². The normalized spacial score (nSPS) is 11.3. The van der Waals surface area contributed by atoms with E-state index in [4.69, 9.17) is 16.3 Å². The van der Waals surface area contributed by atoms with Gasteiger partial charge in [-0.3, -0.25) is 0 Å². The molecule has 2 aromatic rings. The maximum Gasteiger partial charge on any atom is 0.224 e. The number of nitrogens with zero attached hydrogens (tertiary/aromatic N) is 2. The molecule has 0 aliphatic rings. The molecular weight excluding hydrogens is 286 g/mol. The van der Waals surface area contributed by atoms with Gasteiger partial charge < -0.3 is 10.1 Å². The highest BCUT2D eigenvalue weighted by molar-refractivity contribution is 6.30. The summed E-state index contributed by atoms with van der Waals surface area (Å²) in [5.74, 6) is 2.66. The molecule has 0 radical (unpaired) electrons. The number of anilines is 1. The van der Waals surface area contributed by atoms with Crippen molar-refractivity contribution in [2.75, 3.05) is 11.9 Å². The first-order valence-electron chi connectivity index (χ1n) is 6.95. The zero-order valence-corrected chi connectivity index (χ0v) is 13.5. The van der Waals surface area contributed by atoms with Gasteiger partial charge in [-0.05, 0) is 25.1 Å². The van der Waals surface area contributed by atoms with E-state index in [1.807, 2.05) is 19.1 Å². The Labute approximate surface area is 130 Å². The van der Waals surface area contributed by atoms with E-state index < -0.39 is 0 Å². The van der Waals surface area contributed by atoms with Gasteiger partial charge in [0.05, 0.1) is 0 Å². The molecule has 1 N–H and O–H groups in total. The summed E-state index contributed by atoms with van der Waals surface area (Å²) in [5.41, 5.74) is -0.155. The fourth-order valence-corrected chi connectivity index (χ4v) is 1.92. The van der Waals surface area contributed by atoms with Crippen molar-refractivity contribution in [2.24, 2.45) is 0 Å². The molecule has 0 atom stereocenters. The molecule has 21 heavy (non-hydrogen) atoms. The largest absolute Gasteiger partial charge is 0.439 e. The Morgan fingerprint density at radius 3 is 2.57 bits per heavy atom. The molecule has 1 aromatic carbocycles. The summed E-state index contributed by atoms with van der Waals surface area (Å²) >= 11 is 5.97. The molecule has 0 saturated heterocycles. The quantitative estimate of drug-likeness (QED) is 0.893. The Bertz CT molecular complexity index is 623. The lowest BCUT2D eigenvalue weighted by Gasteiger charge is -2.18. The summed E-state index contributed by atoms with van der Waals surface area (Å²) in [5, 5.41) is 3.83. The minimum absolute atomic E-state index is 0.155. The average molecular weight is 306 g/mol. The van der Waals surface area contributed by atoms with Crippen LogP contribution in [0.3, 0.4) is 0 Å². The van der Waals surface area contributed by atoms with Crippen LogP contribution in [0.1, 0.15) is 33.5 Å². The Morgan fingerprint density at radius 1 is 1.19 bits per heavy atom. The van der Waals surface area contributed by atoms with Crippen molar-refractivity contribution in [3.63, 3.8) is 0 Å². The minimum atomic E-state index is -0.155. The van der Waals surface area contributed by atoms with Crippen molar-refractivity contribution < 1.29 is 4.74 Å². The van der Waals surface area contributed by atoms with Crippen LogP contribution in [0.2, 0.25) is 5.02 Å². The van der Waals surface area contributed by atoms with Crippen LogP contribution >= 0.6 is 11.6 Å². The van der Waals surface area contributed by atoms with E-state index in [2.05, 4.69) is 36.1 Å². The number of rotatable bonds is 4. The second-order valence-corrected chi connectivity index (χ2v) is 6.19. The van der Waals surface area contributed by atoms with E-state index in [0.29, 0.717) is 16.7 Å². The SMILES string of the molecule is CCNc1cc(Oc2cccc(Cl)c2)nc(C(C)(C)C)n1. The van der Waals surface area contributed by atoms with Crippen LogP contribution in [0, 0.1) is 0 Å². The van der Waals surface area contributed by atoms with Gasteiger partial charge in [0.1, 0.15) is 17.4 Å². The molecule has 112 valence electrons. The third kappa shape index (κ3) is 4.33. The van der Waals surface area contributed by atoms with Gasteiger partial charge in [-0.2, -0.15) is 4.98 Å². The predicted molar refractivity (Wildman–Crippen MR) is 86.4 cm³/mol. The van der Waals surface area contributed by atoms with E-state index in [9.17, 15) is 0 Å². The molecule has 1 heterocycles. The van der Waals surface area contributed by atoms with Crippen LogP contribution in [0.5, 0.6) is 11.6 Å². The number of hydrogen-bond acceptors (Lipinski definition) is 4. The highest BCUT2D eigenvalue weighted by atomic mass is 35.5. The van der Waals surface area contributed by atoms with Crippen LogP contribution in [-0.2, 0) is 5.41 Å². The molecule has 0 amide bonds. The number of halogens is 1. The van der Waals surface area contributed by atoms with Crippen LogP contribution in [0.25, 0.3) is 0 Å². The molecule has 0 bridgehead atoms. The smallest absolute Gasteiger partial charge is 0.224 e. The summed E-state index contributed by atoms with van der Waals surface area (Å²) in [6.07, 6.45) is 0. The van der Waals surface area contributed by atoms with E-state index in [1.165, 1.54) is 0 Å². The Kier molecular flexibility index (Phi) is 4.68. The van der Waals surface area contributed by atoms with E-state index >= 15 is 0 Å². The molecular formula is C16H20ClN3O. The number of ether oxygens (including phenoxy) is 1. The first kappa shape index (κ1) is 15.6. The van der Waals surface area contributed by atoms with Gasteiger partial charge in [0.15, 0.2) is 0 Å². The maximum atomic E-state index is 5.97. The van der Waals surface area contributed by atoms with Gasteiger partial charge in [-0.25, -0.2) is 4.98 Å². The molecule has 1 aromatic heterocycles. The lowest BCUT2D eigenvalue weighted by atomic mass is 9.96. The van der Waals surface area contributed by atoms with Crippen molar-refractivity contribution in [3.05, 3.63) is 41.2 Å². The summed E-state index contributed by atoms with van der Waals surface area (Å²) in [6, 6.07) is 9.04. The van der Waals surface area contributed by atoms with Gasteiger partial charge in [0.2, 0.25) is 5.88 Å². The molecule has 0 spiro atoms. The van der Waals surface area contributed by atoms with Gasteiger partial charge in [-0.1, -0.05) is 38.4 Å². The van der Waals surface area contributed by atoms with Gasteiger partial charge in [-0.15, -0.1) is 0 Å². The van der Waals surface area contributed by atoms with Gasteiger partial charge >= 0.3 is 0 Å². The zero-order chi connectivity index (χ0) is 15.5. The first-order chi connectivity index (χ1) is 9.88. The van der Waals surface area contributed by atoms with E-state index in [-0.39, 0.29) is 5.41 Å². The van der Waals surface area contributed by atoms with Crippen molar-refractivity contribution in [2.45, 2.75) is 33.1 Å². The Morgan fingerprint density at radius 2 is 1.95 bits per heavy atom. The third-order valence-corrected chi connectivity index (χ3v) is 2.98. The molecule has 2 rings (SSSR count). The fraction of sp³-hybridized carbons (Fsp3) is 0.375. The number of hydrogen-bond donors (Lipinski definition) is 1. The summed E-state index contributed by atoms with van der Waals surface area (Å²) in [6.45, 7) is 9.03. The topological polar surface area (TPSA) is 47.0 Å². The summed E-state index contributed by atoms with van der Waals surface area (Å²) in [4.78, 5) is 9.02. The molecule has 0 aliphatic carbocycles. The first-order valence-corrected chi connectivity index (χ1v) is 7.33. The Hall–Kier alpha value is -1.81. The lowest BCUT2D eigenvalue weighted by Crippen LogP contribution is -2.17. The molecule has 5 heteroatoms. The fourth-order valence-electron chi connectivity index (χ4n) is 1.74. The molecule has 0 unspecified atom stereocenters. The third-order valence-electron chi connectivity index (χ3n) is 2.75. The number of benzene rings is 1. The van der Waals surface area contributed by atoms with Crippen LogP contribution in [0.4, 0.5) is 5.82 Å². The summed E-state index contributed by atoms with van der Waals surface area (Å²) in [7, 11) is 0. The van der Waals surface area contributed by atoms with E-state index in [1.54, 1.807) is 18.2 Å². The van der Waals surface area contributed by atoms with Crippen molar-refractivity contribution >= 4 is 17.4 Å². The summed E-state index contributed by atoms with van der Waals surface area (Å²) < 4.78 is 5.81. The highest BCUT2D eigenvalue weighted by Crippen LogP contribution is 2.27. The van der Waals surface area contributed by atoms with E-state index in [0.717, 1.165) is 18.2 Å². The highest BCUT2D eigenvalue weighted by Gasteiger charge is 2.19. The van der Waals surface area contributed by atoms with Gasteiger partial charge in [0.25, 0.3) is 0 Å². The monoisotopic (exact) mass is 305 g/mol. The predicted octanol–water partition coefficient (Wildman–Crippen LogP) is 4.65. The molecule has 4 nitrogen and oxygen atoms in total. The molecule has 0 saturated carbocycles. The number of aromatic nitrogens is 2. The van der Waals surface area contributed by atoms with Crippen molar-refractivity contribution in [1.29, 1.82) is 0 Å². The van der Waals surface area contributed by atoms with Gasteiger partial charge in [0, 0.05) is 23.0 Å². The second-order valence-electron chi connectivity index (χ2n) is 5.75. The van der Waals surface area contributed by atoms with Crippen molar-refractivity contribution in [1.82, 2.24) is 9.97 Å². The standard InChI is InChI=1S/C16H20ClN3O/c1-5-18-13-10-14(20-15(19-13)16(2,3)4)21-12-8-6-7-11(17)9-12/h6-10H,5H2,1-4H3,(H,18,19,20). The Balaban J connectivity index is 2.35. The maximum absolute atomic E-state index is 5.97. The van der Waals surface area contributed by atoms with Crippen LogP contribution in [0.15, 0.2) is 30.3 Å². The second kappa shape index (κ2) is 6.31. The zero-order valence-electron chi connectivity index (χ0n) is 12.8. The minimum Gasteiger partial charge on any atom is -0.439 e. The molecule has 0 fully saturated rings. The lowest BCUT2D eigenvalue weighted by molar-refractivity contribution is 0.446. The number of nitrogens with one attached hydrogen (secondary N) is 1. The van der Waals surface area contributed by atoms with Crippen LogP contribution < -0.4 is 10.1 Å². The van der Waals surface area contributed by atoms with Crippen molar-refractivity contribution in [3.8, 4) is 11.6 Å². The molecule has 0 aliphatic heterocycles.